The highest BCUT2D eigenvalue weighted by Crippen LogP contribution is 2.32. The molecule has 0 bridgehead atoms. The van der Waals surface area contributed by atoms with Gasteiger partial charge in [-0.15, -0.1) is 0 Å². The van der Waals surface area contributed by atoms with Crippen molar-refractivity contribution in [3.63, 3.8) is 0 Å². The van der Waals surface area contributed by atoms with Crippen molar-refractivity contribution < 1.29 is 0 Å². The number of aromatic nitrogens is 2. The largest absolute Gasteiger partial charge is 0.327 e. The van der Waals surface area contributed by atoms with Crippen LogP contribution in [-0.2, 0) is 13.0 Å². The van der Waals surface area contributed by atoms with Crippen LogP contribution in [0.4, 0.5) is 0 Å². The lowest BCUT2D eigenvalue weighted by Crippen LogP contribution is -2.00. The standard InChI is InChI=1S/C16H13BrN2/c17-13-7-5-11(6-8-13)12-9-16-18-14-3-1-2-4-15(14)19(16)10-12/h1-8,12H,9-10H2. The van der Waals surface area contributed by atoms with Crippen molar-refractivity contribution in [1.82, 2.24) is 9.55 Å². The molecule has 1 aliphatic rings. The van der Waals surface area contributed by atoms with E-state index in [2.05, 4.69) is 69.0 Å². The van der Waals surface area contributed by atoms with E-state index in [1.165, 1.54) is 16.9 Å². The Kier molecular flexibility index (Phi) is 2.49. The van der Waals surface area contributed by atoms with Crippen molar-refractivity contribution in [1.29, 1.82) is 0 Å². The number of hydrogen-bond acceptors (Lipinski definition) is 1. The van der Waals surface area contributed by atoms with E-state index in [-0.39, 0.29) is 0 Å². The molecule has 0 fully saturated rings. The number of benzene rings is 2. The lowest BCUT2D eigenvalue weighted by molar-refractivity contribution is 0.664. The zero-order valence-electron chi connectivity index (χ0n) is 10.4. The third-order valence-corrected chi connectivity index (χ3v) is 4.44. The van der Waals surface area contributed by atoms with Gasteiger partial charge in [0.25, 0.3) is 0 Å². The van der Waals surface area contributed by atoms with Crippen LogP contribution in [0.25, 0.3) is 11.0 Å². The van der Waals surface area contributed by atoms with E-state index < -0.39 is 0 Å². The SMILES string of the molecule is Brc1ccc(C2Cc3nc4ccccc4n3C2)cc1. The molecule has 0 saturated carbocycles. The number of nitrogens with zero attached hydrogens (tertiary/aromatic N) is 2. The minimum absolute atomic E-state index is 0.556. The first-order valence-corrected chi connectivity index (χ1v) is 7.30. The molecule has 2 nitrogen and oxygen atoms in total. The molecule has 0 radical (unpaired) electrons. The number of imidazole rings is 1. The molecule has 0 spiro atoms. The van der Waals surface area contributed by atoms with Crippen molar-refractivity contribution in [2.24, 2.45) is 0 Å². The molecule has 94 valence electrons. The zero-order valence-corrected chi connectivity index (χ0v) is 12.0. The van der Waals surface area contributed by atoms with Crippen molar-refractivity contribution in [3.05, 3.63) is 64.4 Å². The second-order valence-corrected chi connectivity index (χ2v) is 6.00. The van der Waals surface area contributed by atoms with E-state index in [9.17, 15) is 0 Å². The smallest absolute Gasteiger partial charge is 0.110 e. The Morgan fingerprint density at radius 2 is 1.84 bits per heavy atom. The van der Waals surface area contributed by atoms with Crippen molar-refractivity contribution in [2.45, 2.75) is 18.9 Å². The van der Waals surface area contributed by atoms with Gasteiger partial charge in [0.05, 0.1) is 11.0 Å². The summed E-state index contributed by atoms with van der Waals surface area (Å²) in [5.41, 5.74) is 3.78. The van der Waals surface area contributed by atoms with Crippen molar-refractivity contribution in [2.75, 3.05) is 0 Å². The lowest BCUT2D eigenvalue weighted by Gasteiger charge is -2.09. The van der Waals surface area contributed by atoms with Crippen LogP contribution in [0.5, 0.6) is 0 Å². The average molecular weight is 313 g/mol. The highest BCUT2D eigenvalue weighted by molar-refractivity contribution is 9.10. The predicted octanol–water partition coefficient (Wildman–Crippen LogP) is 4.14. The van der Waals surface area contributed by atoms with Gasteiger partial charge in [0.2, 0.25) is 0 Å². The molecule has 0 amide bonds. The Hall–Kier alpha value is -1.61. The van der Waals surface area contributed by atoms with Crippen LogP contribution in [0.2, 0.25) is 0 Å². The van der Waals surface area contributed by atoms with E-state index in [0.717, 1.165) is 23.0 Å². The van der Waals surface area contributed by atoms with Crippen molar-refractivity contribution >= 4 is 27.0 Å². The monoisotopic (exact) mass is 312 g/mol. The second-order valence-electron chi connectivity index (χ2n) is 5.08. The molecule has 1 aromatic heterocycles. The summed E-state index contributed by atoms with van der Waals surface area (Å²) in [6, 6.07) is 17.1. The normalized spacial score (nSPS) is 17.8. The maximum atomic E-state index is 4.74. The molecule has 2 aromatic carbocycles. The Balaban J connectivity index is 1.72. The maximum Gasteiger partial charge on any atom is 0.110 e. The Labute approximate surface area is 120 Å². The second kappa shape index (κ2) is 4.20. The van der Waals surface area contributed by atoms with Crippen LogP contribution in [0.1, 0.15) is 17.3 Å². The van der Waals surface area contributed by atoms with Crippen LogP contribution < -0.4 is 0 Å². The fourth-order valence-corrected chi connectivity index (χ4v) is 3.21. The fourth-order valence-electron chi connectivity index (χ4n) is 2.95. The minimum atomic E-state index is 0.556. The maximum absolute atomic E-state index is 4.74. The van der Waals surface area contributed by atoms with Crippen LogP contribution in [0, 0.1) is 0 Å². The van der Waals surface area contributed by atoms with Gasteiger partial charge in [-0.25, -0.2) is 4.98 Å². The highest BCUT2D eigenvalue weighted by Gasteiger charge is 2.25. The summed E-state index contributed by atoms with van der Waals surface area (Å²) in [4.78, 5) is 4.74. The average Bonchev–Trinajstić information content (AvgIpc) is 2.97. The Morgan fingerprint density at radius 3 is 2.68 bits per heavy atom. The topological polar surface area (TPSA) is 17.8 Å². The van der Waals surface area contributed by atoms with Gasteiger partial charge in [0, 0.05) is 23.4 Å². The first-order valence-electron chi connectivity index (χ1n) is 6.51. The van der Waals surface area contributed by atoms with Gasteiger partial charge in [0.15, 0.2) is 0 Å². The van der Waals surface area contributed by atoms with Gasteiger partial charge in [0.1, 0.15) is 5.82 Å². The number of hydrogen-bond donors (Lipinski definition) is 0. The molecule has 3 aromatic rings. The Bertz CT molecular complexity index is 743. The molecule has 2 heterocycles. The molecule has 1 atom stereocenters. The third kappa shape index (κ3) is 1.80. The molecule has 19 heavy (non-hydrogen) atoms. The van der Waals surface area contributed by atoms with E-state index in [1.807, 2.05) is 0 Å². The number of rotatable bonds is 1. The van der Waals surface area contributed by atoms with Gasteiger partial charge in [-0.1, -0.05) is 40.2 Å². The third-order valence-electron chi connectivity index (χ3n) is 3.91. The number of halogens is 1. The van der Waals surface area contributed by atoms with Gasteiger partial charge in [-0.2, -0.15) is 0 Å². The molecule has 3 heteroatoms. The first-order chi connectivity index (χ1) is 9.31. The first kappa shape index (κ1) is 11.2. The summed E-state index contributed by atoms with van der Waals surface area (Å²) in [5, 5.41) is 0. The molecule has 4 rings (SSSR count). The summed E-state index contributed by atoms with van der Waals surface area (Å²) < 4.78 is 3.50. The quantitative estimate of drug-likeness (QED) is 0.660. The van der Waals surface area contributed by atoms with Crippen molar-refractivity contribution in [3.8, 4) is 0 Å². The van der Waals surface area contributed by atoms with Crippen LogP contribution in [0.15, 0.2) is 53.0 Å². The molecule has 1 unspecified atom stereocenters. The summed E-state index contributed by atoms with van der Waals surface area (Å²) in [7, 11) is 0. The Morgan fingerprint density at radius 1 is 1.05 bits per heavy atom. The van der Waals surface area contributed by atoms with E-state index in [4.69, 9.17) is 4.98 Å². The summed E-state index contributed by atoms with van der Waals surface area (Å²) in [6.45, 7) is 1.04. The fraction of sp³-hybridized carbons (Fsp3) is 0.188. The van der Waals surface area contributed by atoms with E-state index in [0.29, 0.717) is 5.92 Å². The lowest BCUT2D eigenvalue weighted by atomic mass is 9.98. The van der Waals surface area contributed by atoms with Gasteiger partial charge < -0.3 is 4.57 Å². The number of para-hydroxylation sites is 2. The molecule has 0 saturated heterocycles. The molecule has 0 aliphatic carbocycles. The van der Waals surface area contributed by atoms with E-state index >= 15 is 0 Å². The summed E-state index contributed by atoms with van der Waals surface area (Å²) >= 11 is 3.49. The molecular weight excluding hydrogens is 300 g/mol. The summed E-state index contributed by atoms with van der Waals surface area (Å²) in [6.07, 6.45) is 1.04. The molecular formula is C16H13BrN2. The van der Waals surface area contributed by atoms with E-state index in [1.54, 1.807) is 0 Å². The van der Waals surface area contributed by atoms with Gasteiger partial charge in [-0.05, 0) is 29.8 Å². The molecule has 1 aliphatic heterocycles. The van der Waals surface area contributed by atoms with Crippen LogP contribution in [-0.4, -0.2) is 9.55 Å². The molecule has 0 N–H and O–H groups in total. The zero-order chi connectivity index (χ0) is 12.8. The predicted molar refractivity (Wildman–Crippen MR) is 80.3 cm³/mol. The minimum Gasteiger partial charge on any atom is -0.327 e. The van der Waals surface area contributed by atoms with Crippen LogP contribution in [0.3, 0.4) is 0 Å². The summed E-state index contributed by atoms with van der Waals surface area (Å²) in [5.74, 6) is 1.77. The number of fused-ring (bicyclic) bond motifs is 3. The highest BCUT2D eigenvalue weighted by atomic mass is 79.9. The van der Waals surface area contributed by atoms with Crippen LogP contribution >= 0.6 is 15.9 Å². The van der Waals surface area contributed by atoms with Gasteiger partial charge >= 0.3 is 0 Å². The van der Waals surface area contributed by atoms with Gasteiger partial charge in [-0.3, -0.25) is 0 Å².